The van der Waals surface area contributed by atoms with E-state index >= 15 is 0 Å². The number of rotatable bonds is 25. The van der Waals surface area contributed by atoms with Crippen LogP contribution in [0.25, 0.3) is 6.08 Å². The van der Waals surface area contributed by atoms with Gasteiger partial charge in [0.15, 0.2) is 0 Å². The molecule has 13 heteroatoms. The molecule has 1 saturated heterocycles. The minimum atomic E-state index is -0.975. The number of carboxylic acids is 1. The number of aliphatic carboxylic acids is 1. The molecule has 6 atom stereocenters. The maximum atomic E-state index is 12.7. The molecule has 278 valence electrons. The molecule has 1 aliphatic heterocycles. The van der Waals surface area contributed by atoms with Gasteiger partial charge in [-0.25, -0.2) is 14.6 Å². The van der Waals surface area contributed by atoms with Gasteiger partial charge in [-0.05, 0) is 51.0 Å². The van der Waals surface area contributed by atoms with E-state index in [2.05, 4.69) is 28.9 Å². The average molecular weight is 695 g/mol. The number of unbranched alkanes of at least 4 members (excludes halogenated alkanes) is 2. The molecule has 0 aromatic carbocycles. The molecule has 1 fully saturated rings. The number of aryl methyl sites for hydroxylation is 1. The number of amides is 1. The summed E-state index contributed by atoms with van der Waals surface area (Å²) < 4.78 is 33.8. The van der Waals surface area contributed by atoms with Gasteiger partial charge in [-0.2, -0.15) is 0 Å². The van der Waals surface area contributed by atoms with Gasteiger partial charge in [0, 0.05) is 39.2 Å². The van der Waals surface area contributed by atoms with Crippen LogP contribution >= 0.6 is 0 Å². The van der Waals surface area contributed by atoms with Crippen molar-refractivity contribution in [2.45, 2.75) is 140 Å². The fourth-order valence-corrected chi connectivity index (χ4v) is 5.75. The summed E-state index contributed by atoms with van der Waals surface area (Å²) in [7, 11) is 2.93. The summed E-state index contributed by atoms with van der Waals surface area (Å²) in [5.74, 6) is -1.08. The van der Waals surface area contributed by atoms with Crippen LogP contribution in [0, 0.1) is 0 Å². The zero-order chi connectivity index (χ0) is 35.9. The minimum Gasteiger partial charge on any atom is -0.481 e. The van der Waals surface area contributed by atoms with Crippen molar-refractivity contribution < 1.29 is 52.7 Å². The zero-order valence-electron chi connectivity index (χ0n) is 29.7. The van der Waals surface area contributed by atoms with Crippen molar-refractivity contribution in [2.75, 3.05) is 27.4 Å². The minimum absolute atomic E-state index is 0.0365. The molecule has 2 heterocycles. The van der Waals surface area contributed by atoms with Crippen molar-refractivity contribution in [1.29, 1.82) is 0 Å². The second-order valence-corrected chi connectivity index (χ2v) is 12.5. The molecule has 0 bridgehead atoms. The Morgan fingerprint density at radius 3 is 2.57 bits per heavy atom. The van der Waals surface area contributed by atoms with E-state index in [1.807, 2.05) is 0 Å². The van der Waals surface area contributed by atoms with Crippen molar-refractivity contribution in [1.82, 2.24) is 10.3 Å². The Labute approximate surface area is 290 Å². The standard InChI is InChI=1S/C36H58N2O11/c1-5-7-8-14-27(39)17-19-46-28(12-6-2)20-29(44-3)21-30-22-31(23-32(48-30)24-34(40)41)49-35(42)16-10-9-13-26-25-47-33(38-26)15-11-18-37-36(43)45-4/h10-11,15-16,25,27-32,39H,5-9,12-14,17-24H2,1-4H3,(H,37,43)(H,40,41)/b15-11-,16-10-/t27-,28?,29+,30?,31+,32?/m0/s1. The maximum absolute atomic E-state index is 12.7. The second-order valence-electron chi connectivity index (χ2n) is 12.5. The molecule has 1 aromatic heterocycles. The van der Waals surface area contributed by atoms with Crippen LogP contribution in [0.3, 0.4) is 0 Å². The first-order chi connectivity index (χ1) is 23.6. The number of carbonyl (C=O) groups is 3. The number of esters is 1. The van der Waals surface area contributed by atoms with E-state index in [4.69, 9.17) is 23.4 Å². The third-order valence-corrected chi connectivity index (χ3v) is 8.26. The number of ether oxygens (including phenoxy) is 5. The molecule has 0 saturated carbocycles. The highest BCUT2D eigenvalue weighted by molar-refractivity contribution is 5.82. The lowest BCUT2D eigenvalue weighted by molar-refractivity contribution is -0.163. The highest BCUT2D eigenvalue weighted by atomic mass is 16.6. The Kier molecular flexibility index (Phi) is 21.2. The summed E-state index contributed by atoms with van der Waals surface area (Å²) in [6.07, 6.45) is 14.6. The van der Waals surface area contributed by atoms with E-state index in [9.17, 15) is 24.6 Å². The van der Waals surface area contributed by atoms with Gasteiger partial charge in [0.2, 0.25) is 5.89 Å². The van der Waals surface area contributed by atoms with Crippen LogP contribution in [0.15, 0.2) is 28.9 Å². The lowest BCUT2D eigenvalue weighted by atomic mass is 9.93. The molecule has 0 radical (unpaired) electrons. The molecule has 0 aliphatic carbocycles. The summed E-state index contributed by atoms with van der Waals surface area (Å²) in [6, 6.07) is 0. The summed E-state index contributed by atoms with van der Waals surface area (Å²) in [5, 5.41) is 22.2. The lowest BCUT2D eigenvalue weighted by Crippen LogP contribution is -2.41. The van der Waals surface area contributed by atoms with E-state index in [1.54, 1.807) is 25.3 Å². The summed E-state index contributed by atoms with van der Waals surface area (Å²) in [6.45, 7) is 5.00. The average Bonchev–Trinajstić information content (AvgIpc) is 3.51. The summed E-state index contributed by atoms with van der Waals surface area (Å²) >= 11 is 0. The molecule has 1 aliphatic rings. The number of oxazole rings is 1. The van der Waals surface area contributed by atoms with E-state index in [0.29, 0.717) is 63.1 Å². The Hall–Kier alpha value is -3.26. The Morgan fingerprint density at radius 2 is 1.86 bits per heavy atom. The van der Waals surface area contributed by atoms with Crippen LogP contribution in [-0.4, -0.2) is 97.2 Å². The van der Waals surface area contributed by atoms with E-state index in [-0.39, 0.29) is 37.4 Å². The molecule has 2 rings (SSSR count). The van der Waals surface area contributed by atoms with Crippen LogP contribution in [0.5, 0.6) is 0 Å². The molecular weight excluding hydrogens is 636 g/mol. The highest BCUT2D eigenvalue weighted by Crippen LogP contribution is 2.29. The number of carboxylic acid groups (broad SMARTS) is 1. The van der Waals surface area contributed by atoms with Crippen LogP contribution < -0.4 is 5.32 Å². The zero-order valence-corrected chi connectivity index (χ0v) is 29.7. The monoisotopic (exact) mass is 694 g/mol. The predicted molar refractivity (Wildman–Crippen MR) is 183 cm³/mol. The number of carbonyl (C=O) groups excluding carboxylic acids is 2. The number of allylic oxidation sites excluding steroid dienone is 1. The van der Waals surface area contributed by atoms with Gasteiger partial charge < -0.3 is 43.6 Å². The number of hydrogen-bond acceptors (Lipinski definition) is 11. The normalized spacial score (nSPS) is 19.9. The van der Waals surface area contributed by atoms with Crippen molar-refractivity contribution in [3.63, 3.8) is 0 Å². The maximum Gasteiger partial charge on any atom is 0.407 e. The van der Waals surface area contributed by atoms with Crippen molar-refractivity contribution in [2.24, 2.45) is 0 Å². The fourth-order valence-electron chi connectivity index (χ4n) is 5.75. The number of aliphatic hydroxyl groups excluding tert-OH is 1. The van der Waals surface area contributed by atoms with Crippen LogP contribution in [0.2, 0.25) is 0 Å². The molecule has 49 heavy (non-hydrogen) atoms. The second kappa shape index (κ2) is 24.8. The molecule has 13 nitrogen and oxygen atoms in total. The van der Waals surface area contributed by atoms with Crippen molar-refractivity contribution >= 4 is 24.1 Å². The van der Waals surface area contributed by atoms with E-state index in [1.165, 1.54) is 19.4 Å². The largest absolute Gasteiger partial charge is 0.481 e. The summed E-state index contributed by atoms with van der Waals surface area (Å²) in [5.41, 5.74) is 0.710. The van der Waals surface area contributed by atoms with Gasteiger partial charge in [-0.15, -0.1) is 0 Å². The smallest absolute Gasteiger partial charge is 0.407 e. The molecule has 3 N–H and O–H groups in total. The number of alkyl carbamates (subject to hydrolysis) is 1. The van der Waals surface area contributed by atoms with Gasteiger partial charge in [-0.1, -0.05) is 51.7 Å². The van der Waals surface area contributed by atoms with Gasteiger partial charge in [0.25, 0.3) is 0 Å². The Bertz CT molecular complexity index is 1140. The first-order valence-electron chi connectivity index (χ1n) is 17.6. The van der Waals surface area contributed by atoms with Gasteiger partial charge >= 0.3 is 18.0 Å². The molecule has 3 unspecified atom stereocenters. The lowest BCUT2D eigenvalue weighted by Gasteiger charge is -2.36. The van der Waals surface area contributed by atoms with Crippen LogP contribution in [0.1, 0.15) is 109 Å². The number of aromatic nitrogens is 1. The van der Waals surface area contributed by atoms with Crippen LogP contribution in [0.4, 0.5) is 4.79 Å². The Morgan fingerprint density at radius 1 is 1.06 bits per heavy atom. The molecule has 1 amide bonds. The quantitative estimate of drug-likeness (QED) is 0.0640. The molecule has 1 aromatic rings. The first-order valence-corrected chi connectivity index (χ1v) is 17.6. The number of methoxy groups -OCH3 is 2. The van der Waals surface area contributed by atoms with Gasteiger partial charge in [0.05, 0.1) is 49.7 Å². The van der Waals surface area contributed by atoms with Crippen molar-refractivity contribution in [3.8, 4) is 0 Å². The van der Waals surface area contributed by atoms with Crippen LogP contribution in [-0.2, 0) is 39.7 Å². The number of hydrogen-bond donors (Lipinski definition) is 3. The van der Waals surface area contributed by atoms with E-state index < -0.39 is 30.2 Å². The van der Waals surface area contributed by atoms with Crippen molar-refractivity contribution in [3.05, 3.63) is 36.1 Å². The van der Waals surface area contributed by atoms with E-state index in [0.717, 1.165) is 38.5 Å². The number of aliphatic hydroxyl groups is 1. The SMILES string of the molecule is CCCCC[C@H](O)CCOC(CCC)C[C@H](CC1C[C@@H](OC(=O)/C=C\CCc2coc(/C=C\CNC(=O)OC)n2)CC(CC(=O)O)O1)OC. The molecule has 0 spiro atoms. The Balaban J connectivity index is 1.86. The third kappa shape index (κ3) is 18.9. The van der Waals surface area contributed by atoms with Gasteiger partial charge in [0.1, 0.15) is 12.4 Å². The molecular formula is C36H58N2O11. The number of nitrogens with one attached hydrogen (secondary N) is 1. The third-order valence-electron chi connectivity index (χ3n) is 8.26. The topological polar surface area (TPSA) is 176 Å². The predicted octanol–water partition coefficient (Wildman–Crippen LogP) is 5.78. The van der Waals surface area contributed by atoms with Gasteiger partial charge in [-0.3, -0.25) is 4.79 Å². The fraction of sp³-hybridized carbons (Fsp3) is 0.722. The summed E-state index contributed by atoms with van der Waals surface area (Å²) in [4.78, 5) is 39.6. The first kappa shape index (κ1) is 41.9. The number of nitrogens with zero attached hydrogens (tertiary/aromatic N) is 1. The highest BCUT2D eigenvalue weighted by Gasteiger charge is 2.34.